The molecule has 3 amide bonds. The number of rotatable bonds is 7. The van der Waals surface area contributed by atoms with Gasteiger partial charge >= 0.3 is 6.09 Å². The molecule has 0 fully saturated rings. The standard InChI is InChI=1S/C19H24N4O4S/c1-12(2)9-15(21-19(26)27-10-14-7-5-4-6-8-14)18-20-16(11-28-18)17(25)23-22-13(3)24/h4-8,11-12,15H,9-10H2,1-3H3,(H,21,26)(H,22,24)(H,23,25). The molecule has 8 nitrogen and oxygen atoms in total. The molecule has 0 spiro atoms. The third kappa shape index (κ3) is 6.99. The van der Waals surface area contributed by atoms with Crippen molar-refractivity contribution in [3.63, 3.8) is 0 Å². The van der Waals surface area contributed by atoms with E-state index >= 15 is 0 Å². The Bertz CT molecular complexity index is 807. The summed E-state index contributed by atoms with van der Waals surface area (Å²) in [5.74, 6) is -0.614. The third-order valence-electron chi connectivity index (χ3n) is 3.62. The van der Waals surface area contributed by atoms with Crippen LogP contribution in [0.1, 0.15) is 54.3 Å². The highest BCUT2D eigenvalue weighted by atomic mass is 32.1. The lowest BCUT2D eigenvalue weighted by Crippen LogP contribution is -2.40. The first kappa shape index (κ1) is 21.4. The highest BCUT2D eigenvalue weighted by Gasteiger charge is 2.22. The van der Waals surface area contributed by atoms with Crippen LogP contribution >= 0.6 is 11.3 Å². The highest BCUT2D eigenvalue weighted by Crippen LogP contribution is 2.25. The van der Waals surface area contributed by atoms with E-state index in [0.29, 0.717) is 17.3 Å². The summed E-state index contributed by atoms with van der Waals surface area (Å²) in [4.78, 5) is 39.4. The van der Waals surface area contributed by atoms with Crippen molar-refractivity contribution in [1.82, 2.24) is 21.2 Å². The van der Waals surface area contributed by atoms with E-state index in [-0.39, 0.29) is 24.2 Å². The Morgan fingerprint density at radius 3 is 2.50 bits per heavy atom. The van der Waals surface area contributed by atoms with Crippen LogP contribution in [0.4, 0.5) is 4.79 Å². The number of amides is 3. The van der Waals surface area contributed by atoms with Crippen LogP contribution in [-0.4, -0.2) is 22.9 Å². The lowest BCUT2D eigenvalue weighted by atomic mass is 10.0. The lowest BCUT2D eigenvalue weighted by molar-refractivity contribution is -0.119. The fourth-order valence-corrected chi connectivity index (χ4v) is 3.22. The average Bonchev–Trinajstić information content (AvgIpc) is 3.14. The molecule has 3 N–H and O–H groups in total. The first-order valence-corrected chi connectivity index (χ1v) is 9.72. The van der Waals surface area contributed by atoms with Gasteiger partial charge in [-0.25, -0.2) is 9.78 Å². The molecule has 0 saturated heterocycles. The zero-order chi connectivity index (χ0) is 20.5. The van der Waals surface area contributed by atoms with Gasteiger partial charge in [-0.05, 0) is 17.9 Å². The number of carbonyl (C=O) groups is 3. The van der Waals surface area contributed by atoms with E-state index in [2.05, 4.69) is 21.2 Å². The van der Waals surface area contributed by atoms with Gasteiger partial charge in [0.2, 0.25) is 5.91 Å². The van der Waals surface area contributed by atoms with Gasteiger partial charge in [0.1, 0.15) is 17.3 Å². The summed E-state index contributed by atoms with van der Waals surface area (Å²) >= 11 is 1.26. The van der Waals surface area contributed by atoms with Crippen molar-refractivity contribution in [3.8, 4) is 0 Å². The van der Waals surface area contributed by atoms with Crippen molar-refractivity contribution in [2.75, 3.05) is 0 Å². The van der Waals surface area contributed by atoms with Gasteiger partial charge < -0.3 is 10.1 Å². The minimum Gasteiger partial charge on any atom is -0.445 e. The minimum atomic E-state index is -0.547. The van der Waals surface area contributed by atoms with Gasteiger partial charge in [-0.3, -0.25) is 20.4 Å². The number of thiazole rings is 1. The zero-order valence-corrected chi connectivity index (χ0v) is 16.8. The molecule has 0 bridgehead atoms. The predicted molar refractivity (Wildman–Crippen MR) is 105 cm³/mol. The SMILES string of the molecule is CC(=O)NNC(=O)c1csc(C(CC(C)C)NC(=O)OCc2ccccc2)n1. The first-order chi connectivity index (χ1) is 13.3. The predicted octanol–water partition coefficient (Wildman–Crippen LogP) is 2.94. The molecule has 28 heavy (non-hydrogen) atoms. The van der Waals surface area contributed by atoms with Crippen molar-refractivity contribution >= 4 is 29.2 Å². The average molecular weight is 404 g/mol. The van der Waals surface area contributed by atoms with Crippen LogP contribution in [-0.2, 0) is 16.1 Å². The molecular formula is C19H24N4O4S. The molecule has 1 heterocycles. The summed E-state index contributed by atoms with van der Waals surface area (Å²) in [6.45, 7) is 5.52. The second-order valence-corrected chi connectivity index (χ2v) is 7.48. The maximum absolute atomic E-state index is 12.2. The Hall–Kier alpha value is -2.94. The molecule has 0 aliphatic heterocycles. The summed E-state index contributed by atoms with van der Waals surface area (Å²) in [7, 11) is 0. The molecule has 1 aromatic carbocycles. The van der Waals surface area contributed by atoms with Crippen LogP contribution in [0.3, 0.4) is 0 Å². The normalized spacial score (nSPS) is 11.6. The van der Waals surface area contributed by atoms with E-state index < -0.39 is 12.0 Å². The van der Waals surface area contributed by atoms with Crippen molar-refractivity contribution in [3.05, 3.63) is 52.0 Å². The summed E-state index contributed by atoms with van der Waals surface area (Å²) < 4.78 is 5.28. The number of nitrogens with zero attached hydrogens (tertiary/aromatic N) is 1. The Labute approximate surface area is 167 Å². The quantitative estimate of drug-likeness (QED) is 0.615. The maximum Gasteiger partial charge on any atom is 0.408 e. The monoisotopic (exact) mass is 404 g/mol. The number of carbonyl (C=O) groups excluding carboxylic acids is 3. The molecule has 2 aromatic rings. The van der Waals surface area contributed by atoms with Gasteiger partial charge in [0.05, 0.1) is 6.04 Å². The molecule has 0 radical (unpaired) electrons. The maximum atomic E-state index is 12.2. The number of aromatic nitrogens is 1. The number of hydrogen-bond acceptors (Lipinski definition) is 6. The van der Waals surface area contributed by atoms with Gasteiger partial charge in [0.25, 0.3) is 5.91 Å². The van der Waals surface area contributed by atoms with Gasteiger partial charge in [-0.2, -0.15) is 0 Å². The summed E-state index contributed by atoms with van der Waals surface area (Å²) in [5.41, 5.74) is 5.54. The van der Waals surface area contributed by atoms with Crippen molar-refractivity contribution in [2.45, 2.75) is 39.8 Å². The number of ether oxygens (including phenoxy) is 1. The fraction of sp³-hybridized carbons (Fsp3) is 0.368. The number of benzene rings is 1. The van der Waals surface area contributed by atoms with Gasteiger partial charge in [-0.15, -0.1) is 11.3 Å². The smallest absolute Gasteiger partial charge is 0.408 e. The van der Waals surface area contributed by atoms with Crippen LogP contribution < -0.4 is 16.2 Å². The van der Waals surface area contributed by atoms with Crippen LogP contribution in [0.25, 0.3) is 0 Å². The second-order valence-electron chi connectivity index (χ2n) is 6.59. The van der Waals surface area contributed by atoms with Crippen molar-refractivity contribution < 1.29 is 19.1 Å². The second kappa shape index (κ2) is 10.4. The molecule has 1 unspecified atom stereocenters. The van der Waals surface area contributed by atoms with E-state index in [4.69, 9.17) is 4.74 Å². The number of hydrogen-bond donors (Lipinski definition) is 3. The molecule has 1 atom stereocenters. The molecule has 2 rings (SSSR count). The Morgan fingerprint density at radius 1 is 1.14 bits per heavy atom. The summed E-state index contributed by atoms with van der Waals surface area (Å²) in [6.07, 6.45) is 0.0923. The minimum absolute atomic E-state index is 0.168. The Kier molecular flexibility index (Phi) is 7.94. The molecule has 9 heteroatoms. The van der Waals surface area contributed by atoms with E-state index in [1.165, 1.54) is 18.3 Å². The van der Waals surface area contributed by atoms with Gasteiger partial charge in [0.15, 0.2) is 0 Å². The fourth-order valence-electron chi connectivity index (χ4n) is 2.36. The van der Waals surface area contributed by atoms with Crippen LogP contribution in [0.15, 0.2) is 35.7 Å². The molecule has 0 aliphatic carbocycles. The van der Waals surface area contributed by atoms with Crippen molar-refractivity contribution in [1.29, 1.82) is 0 Å². The molecular weight excluding hydrogens is 380 g/mol. The molecule has 1 aromatic heterocycles. The first-order valence-electron chi connectivity index (χ1n) is 8.84. The van der Waals surface area contributed by atoms with E-state index in [1.54, 1.807) is 5.38 Å². The van der Waals surface area contributed by atoms with E-state index in [1.807, 2.05) is 44.2 Å². The topological polar surface area (TPSA) is 109 Å². The van der Waals surface area contributed by atoms with E-state index in [9.17, 15) is 14.4 Å². The van der Waals surface area contributed by atoms with Crippen LogP contribution in [0.2, 0.25) is 0 Å². The Morgan fingerprint density at radius 2 is 1.86 bits per heavy atom. The molecule has 0 saturated carbocycles. The third-order valence-corrected chi connectivity index (χ3v) is 4.58. The number of alkyl carbamates (subject to hydrolysis) is 1. The molecule has 0 aliphatic rings. The Balaban J connectivity index is 1.99. The summed E-state index contributed by atoms with van der Waals surface area (Å²) in [6, 6.07) is 9.02. The van der Waals surface area contributed by atoms with E-state index in [0.717, 1.165) is 5.56 Å². The zero-order valence-electron chi connectivity index (χ0n) is 16.0. The number of hydrazine groups is 1. The van der Waals surface area contributed by atoms with Crippen LogP contribution in [0.5, 0.6) is 0 Å². The van der Waals surface area contributed by atoms with Crippen molar-refractivity contribution in [2.24, 2.45) is 5.92 Å². The molecule has 150 valence electrons. The van der Waals surface area contributed by atoms with Crippen LogP contribution in [0, 0.1) is 5.92 Å². The summed E-state index contributed by atoms with van der Waals surface area (Å²) in [5, 5.41) is 5.00. The van der Waals surface area contributed by atoms with Gasteiger partial charge in [0, 0.05) is 12.3 Å². The van der Waals surface area contributed by atoms with Gasteiger partial charge in [-0.1, -0.05) is 44.2 Å². The number of nitrogens with one attached hydrogen (secondary N) is 3. The lowest BCUT2D eigenvalue weighted by Gasteiger charge is -2.18. The highest BCUT2D eigenvalue weighted by molar-refractivity contribution is 7.09. The largest absolute Gasteiger partial charge is 0.445 e.